The molecule has 0 amide bonds. The zero-order valence-corrected chi connectivity index (χ0v) is 23.2. The van der Waals surface area contributed by atoms with Gasteiger partial charge in [0.2, 0.25) is 5.88 Å². The monoisotopic (exact) mass is 575 g/mol. The summed E-state index contributed by atoms with van der Waals surface area (Å²) in [5.74, 6) is -1.45. The first-order valence-corrected chi connectivity index (χ1v) is 14.3. The van der Waals surface area contributed by atoms with Crippen LogP contribution in [0.3, 0.4) is 0 Å². The van der Waals surface area contributed by atoms with Gasteiger partial charge in [0, 0.05) is 5.69 Å². The van der Waals surface area contributed by atoms with Crippen LogP contribution in [0.4, 0.5) is 15.8 Å². The number of benzene rings is 4. The number of halogens is 1. The molecule has 8 nitrogen and oxygen atoms in total. The van der Waals surface area contributed by atoms with Crippen LogP contribution in [0.5, 0.6) is 5.75 Å². The van der Waals surface area contributed by atoms with Crippen molar-refractivity contribution in [3.63, 3.8) is 0 Å². The van der Waals surface area contributed by atoms with Crippen LogP contribution in [0.1, 0.15) is 27.8 Å². The molecule has 5 rings (SSSR count). The number of aryl methyl sites for hydroxylation is 1. The maximum atomic E-state index is 15.8. The number of hydrogen-bond donors (Lipinski definition) is 2. The molecule has 0 radical (unpaired) electrons. The van der Waals surface area contributed by atoms with E-state index in [2.05, 4.69) is 0 Å². The van der Waals surface area contributed by atoms with Gasteiger partial charge in [-0.2, -0.15) is 12.7 Å². The Kier molecular flexibility index (Phi) is 8.14. The van der Waals surface area contributed by atoms with Crippen molar-refractivity contribution in [1.29, 1.82) is 0 Å². The fraction of sp³-hybridized carbons (Fsp3) is 0.161. The first-order valence-electron chi connectivity index (χ1n) is 12.9. The zero-order valence-electron chi connectivity index (χ0n) is 22.4. The quantitative estimate of drug-likeness (QED) is 0.232. The molecule has 1 aliphatic rings. The lowest BCUT2D eigenvalue weighted by Gasteiger charge is -2.24. The summed E-state index contributed by atoms with van der Waals surface area (Å²) >= 11 is 0. The topological polar surface area (TPSA) is 105 Å². The summed E-state index contributed by atoms with van der Waals surface area (Å²) in [5.41, 5.74) is 10.4. The number of nitrogen functional groups attached to an aromatic ring is 1. The number of nitrogens with zero attached hydrogens (tertiary/aromatic N) is 2. The second-order valence-electron chi connectivity index (χ2n) is 9.68. The van der Waals surface area contributed by atoms with E-state index in [4.69, 9.17) is 15.2 Å². The second-order valence-corrected chi connectivity index (χ2v) is 11.4. The van der Waals surface area contributed by atoms with E-state index in [9.17, 15) is 13.5 Å². The molecule has 0 bridgehead atoms. The van der Waals surface area contributed by atoms with Crippen LogP contribution in [-0.2, 0) is 34.6 Å². The first kappa shape index (κ1) is 28.0. The Morgan fingerprint density at radius 2 is 1.54 bits per heavy atom. The highest BCUT2D eigenvalue weighted by atomic mass is 32.2. The molecule has 0 saturated heterocycles. The maximum absolute atomic E-state index is 15.8. The molecule has 0 spiro atoms. The molecule has 1 heterocycles. The zero-order chi connectivity index (χ0) is 29.0. The van der Waals surface area contributed by atoms with Crippen molar-refractivity contribution < 1.29 is 27.4 Å². The molecule has 0 saturated carbocycles. The van der Waals surface area contributed by atoms with Crippen LogP contribution in [0.2, 0.25) is 0 Å². The summed E-state index contributed by atoms with van der Waals surface area (Å²) in [6.45, 7) is 1.65. The van der Waals surface area contributed by atoms with Crippen molar-refractivity contribution in [3.05, 3.63) is 137 Å². The number of aliphatic hydroxyl groups excluding tert-OH is 1. The lowest BCUT2D eigenvalue weighted by molar-refractivity contribution is 0.0556. The van der Waals surface area contributed by atoms with Crippen molar-refractivity contribution in [3.8, 4) is 5.75 Å². The summed E-state index contributed by atoms with van der Waals surface area (Å²) in [7, 11) is -4.44. The van der Waals surface area contributed by atoms with E-state index in [1.165, 1.54) is 6.07 Å². The second kappa shape index (κ2) is 11.9. The van der Waals surface area contributed by atoms with Gasteiger partial charge in [-0.05, 0) is 59.4 Å². The lowest BCUT2D eigenvalue weighted by Crippen LogP contribution is -2.36. The predicted molar refractivity (Wildman–Crippen MR) is 156 cm³/mol. The minimum absolute atomic E-state index is 0.00536. The van der Waals surface area contributed by atoms with Crippen LogP contribution < -0.4 is 14.8 Å². The van der Waals surface area contributed by atoms with Crippen molar-refractivity contribution >= 4 is 21.6 Å². The highest BCUT2D eigenvalue weighted by Crippen LogP contribution is 2.40. The Morgan fingerprint density at radius 3 is 2.20 bits per heavy atom. The Hall–Kier alpha value is -4.54. The van der Waals surface area contributed by atoms with Gasteiger partial charge in [0.15, 0.2) is 5.82 Å². The average Bonchev–Trinajstić information content (AvgIpc) is 3.17. The lowest BCUT2D eigenvalue weighted by atomic mass is 10.0. The molecule has 0 unspecified atom stereocenters. The van der Waals surface area contributed by atoms with Gasteiger partial charge in [-0.15, -0.1) is 0 Å². The third kappa shape index (κ3) is 6.29. The summed E-state index contributed by atoms with van der Waals surface area (Å²) in [5, 5.41) is 10.6. The van der Waals surface area contributed by atoms with E-state index in [1.807, 2.05) is 85.8 Å². The van der Waals surface area contributed by atoms with Crippen LogP contribution in [0.15, 0.2) is 103 Å². The Labute approximate surface area is 238 Å². The summed E-state index contributed by atoms with van der Waals surface area (Å²) in [6, 6.07) is 26.9. The van der Waals surface area contributed by atoms with E-state index in [1.54, 1.807) is 6.07 Å². The van der Waals surface area contributed by atoms with Gasteiger partial charge in [0.05, 0.1) is 12.8 Å². The number of rotatable bonds is 10. The fourth-order valence-corrected chi connectivity index (χ4v) is 5.82. The Bertz CT molecular complexity index is 1660. The smallest absolute Gasteiger partial charge is 0.335 e. The van der Waals surface area contributed by atoms with Gasteiger partial charge in [-0.25, -0.2) is 8.70 Å². The van der Waals surface area contributed by atoms with Crippen LogP contribution >= 0.6 is 0 Å². The molecule has 0 atom stereocenters. The maximum Gasteiger partial charge on any atom is 0.335 e. The molecule has 0 aliphatic carbocycles. The molecule has 0 aromatic heterocycles. The van der Waals surface area contributed by atoms with Gasteiger partial charge in [-0.3, -0.25) is 0 Å². The Balaban J connectivity index is 1.45. The highest BCUT2D eigenvalue weighted by Gasteiger charge is 2.41. The minimum Gasteiger partial charge on any atom is -0.493 e. The van der Waals surface area contributed by atoms with E-state index in [0.717, 1.165) is 28.5 Å². The molecule has 41 heavy (non-hydrogen) atoms. The van der Waals surface area contributed by atoms with Gasteiger partial charge >= 0.3 is 10.2 Å². The molecule has 0 fully saturated rings. The molecular formula is C31H30FN3O5S. The van der Waals surface area contributed by atoms with Crippen LogP contribution in [0, 0.1) is 12.7 Å². The van der Waals surface area contributed by atoms with Crippen molar-refractivity contribution in [1.82, 2.24) is 4.31 Å². The van der Waals surface area contributed by atoms with E-state index in [-0.39, 0.29) is 24.7 Å². The van der Waals surface area contributed by atoms with Gasteiger partial charge in [0.25, 0.3) is 0 Å². The third-order valence-corrected chi connectivity index (χ3v) is 8.21. The molecular weight excluding hydrogens is 545 g/mol. The Morgan fingerprint density at radius 1 is 0.878 bits per heavy atom. The molecule has 4 aromatic rings. The predicted octanol–water partition coefficient (Wildman–Crippen LogP) is 5.78. The van der Waals surface area contributed by atoms with Crippen molar-refractivity contribution in [2.75, 3.05) is 16.8 Å². The molecule has 212 valence electrons. The number of aliphatic hydroxyl groups is 1. The fourth-order valence-electron chi connectivity index (χ4n) is 4.48. The molecule has 4 aromatic carbocycles. The summed E-state index contributed by atoms with van der Waals surface area (Å²) < 4.78 is 55.7. The number of anilines is 2. The largest absolute Gasteiger partial charge is 0.493 e. The standard InChI is InChI=1S/C31H30FN3O5S/c1-22-12-13-26(28(33)14-22)15-25-16-27(32)31(29(17-25)40-20-24-10-6-3-7-11-24)34-18-30(36)35(41(34,37)38)21-39-19-23-8-4-2-5-9-23/h2-14,16-18,36H,15,19-21,33H2,1H3. The van der Waals surface area contributed by atoms with E-state index in [0.29, 0.717) is 26.3 Å². The van der Waals surface area contributed by atoms with Crippen molar-refractivity contribution in [2.45, 2.75) is 26.6 Å². The normalized spacial score (nSPS) is 14.2. The highest BCUT2D eigenvalue weighted by molar-refractivity contribution is 7.91. The first-order chi connectivity index (χ1) is 19.7. The van der Waals surface area contributed by atoms with Crippen LogP contribution in [-0.4, -0.2) is 24.6 Å². The van der Waals surface area contributed by atoms with Crippen LogP contribution in [0.25, 0.3) is 0 Å². The van der Waals surface area contributed by atoms with E-state index >= 15 is 4.39 Å². The van der Waals surface area contributed by atoms with E-state index < -0.39 is 28.6 Å². The SMILES string of the molecule is Cc1ccc(Cc2cc(F)c(N3C=C(O)N(COCc4ccccc4)S3(=O)=O)c(OCc3ccccc3)c2)c(N)c1. The molecule has 3 N–H and O–H groups in total. The number of ether oxygens (including phenoxy) is 2. The van der Waals surface area contributed by atoms with Gasteiger partial charge in [-0.1, -0.05) is 72.8 Å². The third-order valence-electron chi connectivity index (χ3n) is 6.58. The summed E-state index contributed by atoms with van der Waals surface area (Å²) in [4.78, 5) is 0. The average molecular weight is 576 g/mol. The molecule has 1 aliphatic heterocycles. The number of nitrogens with two attached hydrogens (primary N) is 1. The minimum atomic E-state index is -4.44. The molecule has 10 heteroatoms. The van der Waals surface area contributed by atoms with Gasteiger partial charge < -0.3 is 20.3 Å². The van der Waals surface area contributed by atoms with Gasteiger partial charge in [0.1, 0.15) is 24.8 Å². The number of hydrogen-bond acceptors (Lipinski definition) is 6. The van der Waals surface area contributed by atoms with Crippen molar-refractivity contribution in [2.24, 2.45) is 0 Å². The summed E-state index contributed by atoms with van der Waals surface area (Å²) in [6.07, 6.45) is 1.24.